The molecule has 1 aliphatic heterocycles. The van der Waals surface area contributed by atoms with E-state index in [4.69, 9.17) is 21.1 Å². The quantitative estimate of drug-likeness (QED) is 0.417. The number of amides is 1. The molecule has 0 unspecified atom stereocenters. The van der Waals surface area contributed by atoms with Crippen molar-refractivity contribution >= 4 is 23.5 Å². The van der Waals surface area contributed by atoms with Crippen molar-refractivity contribution < 1.29 is 19.1 Å². The highest BCUT2D eigenvalue weighted by atomic mass is 35.5. The molecule has 2 atom stereocenters. The fraction of sp³-hybridized carbons (Fsp3) is 0.385. The van der Waals surface area contributed by atoms with Crippen LogP contribution in [0.1, 0.15) is 41.0 Å². The number of aromatic nitrogens is 3. The Labute approximate surface area is 215 Å². The second kappa shape index (κ2) is 12.0. The van der Waals surface area contributed by atoms with Crippen LogP contribution < -0.4 is 10.1 Å². The van der Waals surface area contributed by atoms with Crippen LogP contribution in [0.3, 0.4) is 0 Å². The molecule has 190 valence electrons. The molecule has 3 aromatic rings. The number of methoxy groups -OCH3 is 1. The fourth-order valence-electron chi connectivity index (χ4n) is 4.46. The monoisotopic (exact) mass is 511 g/mol. The van der Waals surface area contributed by atoms with Crippen molar-refractivity contribution in [2.45, 2.75) is 38.4 Å². The number of nitrogens with one attached hydrogen (secondary N) is 1. The fourth-order valence-corrected chi connectivity index (χ4v) is 4.67. The molecule has 2 heterocycles. The number of halogens is 1. The van der Waals surface area contributed by atoms with Gasteiger partial charge in [-0.3, -0.25) is 9.69 Å². The number of carbonyl (C=O) groups is 2. The minimum Gasteiger partial charge on any atom is -0.494 e. The molecule has 36 heavy (non-hydrogen) atoms. The number of hydrogen-bond donors (Lipinski definition) is 1. The number of hydrogen-bond acceptors (Lipinski definition) is 7. The van der Waals surface area contributed by atoms with Gasteiger partial charge in [0.25, 0.3) is 0 Å². The SMILES string of the molecule is CCOc1ccccc1CN1C[C@@H](n2cc(C(=O)OC)nn2)C[C@H]1C(=O)NCCc1cccc(Cl)c1. The van der Waals surface area contributed by atoms with E-state index >= 15 is 0 Å². The van der Waals surface area contributed by atoms with E-state index in [1.807, 2.05) is 55.5 Å². The molecule has 0 saturated carbocycles. The molecule has 1 aliphatic rings. The normalized spacial score (nSPS) is 17.6. The second-order valence-corrected chi connectivity index (χ2v) is 9.06. The molecule has 0 radical (unpaired) electrons. The summed E-state index contributed by atoms with van der Waals surface area (Å²) in [6, 6.07) is 15.0. The van der Waals surface area contributed by atoms with E-state index in [0.717, 1.165) is 16.9 Å². The number of rotatable bonds is 10. The average Bonchev–Trinajstić information content (AvgIpc) is 3.53. The van der Waals surface area contributed by atoms with Crippen LogP contribution in [0, 0.1) is 0 Å². The molecule has 1 amide bonds. The predicted molar refractivity (Wildman–Crippen MR) is 135 cm³/mol. The van der Waals surface area contributed by atoms with Gasteiger partial charge in [0.1, 0.15) is 5.75 Å². The van der Waals surface area contributed by atoms with Crippen LogP contribution in [0.5, 0.6) is 5.75 Å². The van der Waals surface area contributed by atoms with Gasteiger partial charge in [-0.15, -0.1) is 5.10 Å². The summed E-state index contributed by atoms with van der Waals surface area (Å²) in [5.41, 5.74) is 2.21. The minimum atomic E-state index is -0.544. The molecule has 4 rings (SSSR count). The predicted octanol–water partition coefficient (Wildman–Crippen LogP) is 3.29. The van der Waals surface area contributed by atoms with Crippen molar-refractivity contribution in [2.75, 3.05) is 26.8 Å². The maximum absolute atomic E-state index is 13.3. The van der Waals surface area contributed by atoms with Gasteiger partial charge in [0, 0.05) is 30.2 Å². The van der Waals surface area contributed by atoms with E-state index in [2.05, 4.69) is 20.5 Å². The number of esters is 1. The van der Waals surface area contributed by atoms with Gasteiger partial charge in [-0.25, -0.2) is 9.48 Å². The topological polar surface area (TPSA) is 98.6 Å². The van der Waals surface area contributed by atoms with E-state index < -0.39 is 5.97 Å². The van der Waals surface area contributed by atoms with Crippen LogP contribution in [-0.4, -0.2) is 64.6 Å². The van der Waals surface area contributed by atoms with Crippen LogP contribution in [0.15, 0.2) is 54.7 Å². The molecule has 0 bridgehead atoms. The van der Waals surface area contributed by atoms with Crippen molar-refractivity contribution in [3.05, 3.63) is 76.6 Å². The third-order valence-corrected chi connectivity index (χ3v) is 6.45. The van der Waals surface area contributed by atoms with Crippen molar-refractivity contribution in [3.8, 4) is 5.75 Å². The zero-order valence-corrected chi connectivity index (χ0v) is 21.1. The van der Waals surface area contributed by atoms with Gasteiger partial charge in [-0.05, 0) is 43.5 Å². The lowest BCUT2D eigenvalue weighted by atomic mass is 10.1. The van der Waals surface area contributed by atoms with Crippen LogP contribution in [-0.2, 0) is 22.5 Å². The third-order valence-electron chi connectivity index (χ3n) is 6.21. The van der Waals surface area contributed by atoms with Crippen molar-refractivity contribution in [3.63, 3.8) is 0 Å². The van der Waals surface area contributed by atoms with Crippen molar-refractivity contribution in [2.24, 2.45) is 0 Å². The Bertz CT molecular complexity index is 1200. The summed E-state index contributed by atoms with van der Waals surface area (Å²) in [6.07, 6.45) is 2.78. The zero-order chi connectivity index (χ0) is 25.5. The molecule has 1 fully saturated rings. The van der Waals surface area contributed by atoms with E-state index in [1.165, 1.54) is 7.11 Å². The van der Waals surface area contributed by atoms with Gasteiger partial charge in [0.15, 0.2) is 5.69 Å². The number of benzene rings is 2. The van der Waals surface area contributed by atoms with E-state index in [1.54, 1.807) is 10.9 Å². The van der Waals surface area contributed by atoms with Crippen molar-refractivity contribution in [1.82, 2.24) is 25.2 Å². The lowest BCUT2D eigenvalue weighted by Crippen LogP contribution is -2.43. The van der Waals surface area contributed by atoms with Gasteiger partial charge in [0.05, 0.1) is 32.0 Å². The Morgan fingerprint density at radius 3 is 2.81 bits per heavy atom. The summed E-state index contributed by atoms with van der Waals surface area (Å²) in [5, 5.41) is 11.8. The molecular weight excluding hydrogens is 482 g/mol. The largest absolute Gasteiger partial charge is 0.494 e. The maximum atomic E-state index is 13.3. The molecule has 9 nitrogen and oxygen atoms in total. The summed E-state index contributed by atoms with van der Waals surface area (Å²) in [5.74, 6) is 0.205. The lowest BCUT2D eigenvalue weighted by Gasteiger charge is -2.24. The van der Waals surface area contributed by atoms with E-state index in [9.17, 15) is 9.59 Å². The maximum Gasteiger partial charge on any atom is 0.360 e. The van der Waals surface area contributed by atoms with Crippen LogP contribution in [0.4, 0.5) is 0 Å². The molecule has 0 aliphatic carbocycles. The Kier molecular flexibility index (Phi) is 8.56. The van der Waals surface area contributed by atoms with Crippen LogP contribution in [0.25, 0.3) is 0 Å². The first-order valence-electron chi connectivity index (χ1n) is 12.0. The highest BCUT2D eigenvalue weighted by Crippen LogP contribution is 2.31. The average molecular weight is 512 g/mol. The highest BCUT2D eigenvalue weighted by Gasteiger charge is 2.38. The van der Waals surface area contributed by atoms with Gasteiger partial charge < -0.3 is 14.8 Å². The Morgan fingerprint density at radius 1 is 1.19 bits per heavy atom. The lowest BCUT2D eigenvalue weighted by molar-refractivity contribution is -0.125. The summed E-state index contributed by atoms with van der Waals surface area (Å²) in [7, 11) is 1.30. The van der Waals surface area contributed by atoms with E-state index in [0.29, 0.717) is 44.1 Å². The van der Waals surface area contributed by atoms with Gasteiger partial charge in [-0.1, -0.05) is 47.1 Å². The van der Waals surface area contributed by atoms with Gasteiger partial charge in [0.2, 0.25) is 5.91 Å². The first-order valence-corrected chi connectivity index (χ1v) is 12.3. The number of ether oxygens (including phenoxy) is 2. The Balaban J connectivity index is 1.49. The van der Waals surface area contributed by atoms with Gasteiger partial charge >= 0.3 is 5.97 Å². The number of nitrogens with zero attached hydrogens (tertiary/aromatic N) is 4. The summed E-state index contributed by atoms with van der Waals surface area (Å²) in [6.45, 7) is 4.11. The molecule has 0 spiro atoms. The zero-order valence-electron chi connectivity index (χ0n) is 20.4. The molecular formula is C26H30ClN5O4. The Hall–Kier alpha value is -3.43. The molecule has 1 N–H and O–H groups in total. The molecule has 1 saturated heterocycles. The first kappa shape index (κ1) is 25.7. The number of likely N-dealkylation sites (tertiary alicyclic amines) is 1. The van der Waals surface area contributed by atoms with Crippen molar-refractivity contribution in [1.29, 1.82) is 0 Å². The Morgan fingerprint density at radius 2 is 2.03 bits per heavy atom. The summed E-state index contributed by atoms with van der Waals surface area (Å²) < 4.78 is 12.2. The van der Waals surface area contributed by atoms with Crippen LogP contribution >= 0.6 is 11.6 Å². The van der Waals surface area contributed by atoms with E-state index in [-0.39, 0.29) is 23.7 Å². The first-order chi connectivity index (χ1) is 17.5. The molecule has 2 aromatic carbocycles. The number of carbonyl (C=O) groups excluding carboxylic acids is 2. The second-order valence-electron chi connectivity index (χ2n) is 8.62. The summed E-state index contributed by atoms with van der Waals surface area (Å²) >= 11 is 6.08. The smallest absolute Gasteiger partial charge is 0.360 e. The third kappa shape index (κ3) is 6.22. The minimum absolute atomic E-state index is 0.0540. The number of para-hydroxylation sites is 1. The summed E-state index contributed by atoms with van der Waals surface area (Å²) in [4.78, 5) is 27.3. The highest BCUT2D eigenvalue weighted by molar-refractivity contribution is 6.30. The molecule has 10 heteroatoms. The standard InChI is InChI=1S/C26H30ClN5O4/c1-3-36-24-10-5-4-8-19(24)15-31-16-21(32-17-22(29-30-32)26(34)35-2)14-23(31)25(33)28-12-11-18-7-6-9-20(27)13-18/h4-10,13,17,21,23H,3,11-12,14-16H2,1-2H3,(H,28,33)/t21-,23-/m0/s1. The molecule has 1 aromatic heterocycles. The van der Waals surface area contributed by atoms with Crippen LogP contribution in [0.2, 0.25) is 5.02 Å². The van der Waals surface area contributed by atoms with Gasteiger partial charge in [-0.2, -0.15) is 0 Å².